The van der Waals surface area contributed by atoms with Crippen molar-refractivity contribution in [3.8, 4) is 0 Å². The van der Waals surface area contributed by atoms with Crippen LogP contribution >= 0.6 is 27.9 Å². The van der Waals surface area contributed by atoms with E-state index in [0.29, 0.717) is 0 Å². The Labute approximate surface area is 72.5 Å². The van der Waals surface area contributed by atoms with Crippen molar-refractivity contribution < 1.29 is 0 Å². The third-order valence-electron chi connectivity index (χ3n) is 1.47. The van der Waals surface area contributed by atoms with Crippen molar-refractivity contribution in [2.24, 2.45) is 0 Å². The molecule has 1 aliphatic rings. The van der Waals surface area contributed by atoms with Crippen LogP contribution in [0.3, 0.4) is 0 Å². The monoisotopic (exact) mass is 215 g/mol. The number of benzene rings is 1. The SMILES string of the molecule is Brc1ccc2c(c1)CNS2. The van der Waals surface area contributed by atoms with E-state index in [0.717, 1.165) is 11.0 Å². The van der Waals surface area contributed by atoms with Crippen LogP contribution < -0.4 is 4.72 Å². The van der Waals surface area contributed by atoms with Crippen LogP contribution in [-0.2, 0) is 6.54 Å². The molecule has 2 rings (SSSR count). The quantitative estimate of drug-likeness (QED) is 0.669. The Bertz CT molecular complexity index is 262. The first-order valence-corrected chi connectivity index (χ1v) is 4.65. The summed E-state index contributed by atoms with van der Waals surface area (Å²) in [4.78, 5) is 1.35. The summed E-state index contributed by atoms with van der Waals surface area (Å²) in [5.74, 6) is 0. The van der Waals surface area contributed by atoms with Gasteiger partial charge in [-0.05, 0) is 35.7 Å². The van der Waals surface area contributed by atoms with Crippen molar-refractivity contribution >= 4 is 27.9 Å². The molecule has 10 heavy (non-hydrogen) atoms. The van der Waals surface area contributed by atoms with E-state index in [4.69, 9.17) is 0 Å². The second-order valence-corrected chi connectivity index (χ2v) is 4.02. The van der Waals surface area contributed by atoms with Gasteiger partial charge in [-0.2, -0.15) is 0 Å². The summed E-state index contributed by atoms with van der Waals surface area (Å²) >= 11 is 5.13. The molecule has 0 amide bonds. The molecule has 1 aliphatic heterocycles. The summed E-state index contributed by atoms with van der Waals surface area (Å²) in [6.07, 6.45) is 0. The van der Waals surface area contributed by atoms with Gasteiger partial charge in [-0.3, -0.25) is 4.72 Å². The van der Waals surface area contributed by atoms with Crippen molar-refractivity contribution in [2.75, 3.05) is 0 Å². The summed E-state index contributed by atoms with van der Waals surface area (Å²) in [5.41, 5.74) is 1.39. The summed E-state index contributed by atoms with van der Waals surface area (Å²) in [7, 11) is 0. The van der Waals surface area contributed by atoms with Gasteiger partial charge in [-0.1, -0.05) is 15.9 Å². The van der Waals surface area contributed by atoms with E-state index in [9.17, 15) is 0 Å². The zero-order valence-electron chi connectivity index (χ0n) is 5.23. The first kappa shape index (κ1) is 6.70. The second kappa shape index (κ2) is 2.57. The normalized spacial score (nSPS) is 15.3. The fourth-order valence-electron chi connectivity index (χ4n) is 0.977. The summed E-state index contributed by atoms with van der Waals surface area (Å²) in [6, 6.07) is 6.35. The Hall–Kier alpha value is 0.01000. The topological polar surface area (TPSA) is 12.0 Å². The largest absolute Gasteiger partial charge is 0.255 e. The van der Waals surface area contributed by atoms with Crippen LogP contribution in [0, 0.1) is 0 Å². The molecule has 1 nitrogen and oxygen atoms in total. The highest BCUT2D eigenvalue weighted by Crippen LogP contribution is 2.28. The van der Waals surface area contributed by atoms with Gasteiger partial charge in [-0.25, -0.2) is 0 Å². The standard InChI is InChI=1S/C7H6BrNS/c8-6-1-2-7-5(3-6)4-9-10-7/h1-3,9H,4H2. The molecule has 0 atom stereocenters. The highest BCUT2D eigenvalue weighted by atomic mass is 79.9. The van der Waals surface area contributed by atoms with E-state index in [1.807, 2.05) is 0 Å². The van der Waals surface area contributed by atoms with Crippen LogP contribution in [0.4, 0.5) is 0 Å². The predicted octanol–water partition coefficient (Wildman–Crippen LogP) is 2.56. The molecule has 0 bridgehead atoms. The van der Waals surface area contributed by atoms with E-state index in [1.165, 1.54) is 10.5 Å². The smallest absolute Gasteiger partial charge is 0.0325 e. The van der Waals surface area contributed by atoms with Gasteiger partial charge in [0.2, 0.25) is 0 Å². The van der Waals surface area contributed by atoms with E-state index < -0.39 is 0 Å². The molecule has 0 fully saturated rings. The third-order valence-corrected chi connectivity index (χ3v) is 2.87. The van der Waals surface area contributed by atoms with Crippen LogP contribution in [-0.4, -0.2) is 0 Å². The van der Waals surface area contributed by atoms with Crippen LogP contribution in [0.1, 0.15) is 5.56 Å². The van der Waals surface area contributed by atoms with E-state index in [2.05, 4.69) is 38.9 Å². The summed E-state index contributed by atoms with van der Waals surface area (Å²) in [5, 5.41) is 0. The molecule has 52 valence electrons. The van der Waals surface area contributed by atoms with Crippen molar-refractivity contribution in [2.45, 2.75) is 11.4 Å². The molecule has 0 spiro atoms. The van der Waals surface area contributed by atoms with Gasteiger partial charge < -0.3 is 0 Å². The second-order valence-electron chi connectivity index (χ2n) is 2.18. The Morgan fingerprint density at radius 2 is 2.40 bits per heavy atom. The molecule has 0 aromatic heterocycles. The van der Waals surface area contributed by atoms with Crippen LogP contribution in [0.25, 0.3) is 0 Å². The number of nitrogens with one attached hydrogen (secondary N) is 1. The number of halogens is 1. The van der Waals surface area contributed by atoms with E-state index in [1.54, 1.807) is 11.9 Å². The number of rotatable bonds is 0. The van der Waals surface area contributed by atoms with Crippen LogP contribution in [0.15, 0.2) is 27.6 Å². The lowest BCUT2D eigenvalue weighted by molar-refractivity contribution is 0.993. The molecule has 0 aliphatic carbocycles. The molecule has 1 N–H and O–H groups in total. The molecular weight excluding hydrogens is 210 g/mol. The Kier molecular flexibility index (Phi) is 1.72. The third kappa shape index (κ3) is 1.09. The van der Waals surface area contributed by atoms with Crippen molar-refractivity contribution in [1.82, 2.24) is 4.72 Å². The predicted molar refractivity (Wildman–Crippen MR) is 46.8 cm³/mol. The fourth-order valence-corrected chi connectivity index (χ4v) is 2.17. The van der Waals surface area contributed by atoms with Crippen molar-refractivity contribution in [3.63, 3.8) is 0 Å². The first-order chi connectivity index (χ1) is 4.86. The maximum atomic E-state index is 3.43. The molecular formula is C7H6BrNS. The Balaban J connectivity index is 2.52. The van der Waals surface area contributed by atoms with E-state index >= 15 is 0 Å². The molecule has 0 saturated carbocycles. The molecule has 1 aromatic carbocycles. The van der Waals surface area contributed by atoms with Gasteiger partial charge in [-0.15, -0.1) is 0 Å². The van der Waals surface area contributed by atoms with Gasteiger partial charge in [0.25, 0.3) is 0 Å². The fraction of sp³-hybridized carbons (Fsp3) is 0.143. The summed E-state index contributed by atoms with van der Waals surface area (Å²) in [6.45, 7) is 0.986. The molecule has 1 aromatic rings. The van der Waals surface area contributed by atoms with Crippen LogP contribution in [0.5, 0.6) is 0 Å². The molecule has 3 heteroatoms. The number of fused-ring (bicyclic) bond motifs is 1. The molecule has 0 radical (unpaired) electrons. The zero-order chi connectivity index (χ0) is 6.97. The Morgan fingerprint density at radius 1 is 1.50 bits per heavy atom. The number of hydrogen-bond acceptors (Lipinski definition) is 2. The number of hydrogen-bond donors (Lipinski definition) is 1. The van der Waals surface area contributed by atoms with Crippen LogP contribution in [0.2, 0.25) is 0 Å². The lowest BCUT2D eigenvalue weighted by Gasteiger charge is -1.94. The molecule has 0 saturated heterocycles. The summed E-state index contributed by atoms with van der Waals surface area (Å²) < 4.78 is 4.37. The van der Waals surface area contributed by atoms with E-state index in [-0.39, 0.29) is 0 Å². The average Bonchev–Trinajstić information content (AvgIpc) is 2.33. The highest BCUT2D eigenvalue weighted by Gasteiger charge is 2.09. The van der Waals surface area contributed by atoms with Crippen molar-refractivity contribution in [3.05, 3.63) is 28.2 Å². The lowest BCUT2D eigenvalue weighted by Crippen LogP contribution is -1.91. The van der Waals surface area contributed by atoms with Gasteiger partial charge in [0.05, 0.1) is 0 Å². The van der Waals surface area contributed by atoms with Gasteiger partial charge in [0.15, 0.2) is 0 Å². The minimum atomic E-state index is 0.986. The van der Waals surface area contributed by atoms with Gasteiger partial charge >= 0.3 is 0 Å². The maximum Gasteiger partial charge on any atom is 0.0325 e. The molecule has 1 heterocycles. The van der Waals surface area contributed by atoms with Gasteiger partial charge in [0, 0.05) is 15.9 Å². The first-order valence-electron chi connectivity index (χ1n) is 3.04. The highest BCUT2D eigenvalue weighted by molar-refractivity contribution is 9.10. The Morgan fingerprint density at radius 3 is 3.30 bits per heavy atom. The average molecular weight is 216 g/mol. The molecule has 0 unspecified atom stereocenters. The maximum absolute atomic E-state index is 3.43. The minimum Gasteiger partial charge on any atom is -0.255 e. The zero-order valence-corrected chi connectivity index (χ0v) is 7.63. The lowest BCUT2D eigenvalue weighted by atomic mass is 10.2. The minimum absolute atomic E-state index is 0.986. The van der Waals surface area contributed by atoms with Gasteiger partial charge in [0.1, 0.15) is 0 Å². The van der Waals surface area contributed by atoms with Crippen molar-refractivity contribution in [1.29, 1.82) is 0 Å².